The number of aromatic nitrogens is 1. The summed E-state index contributed by atoms with van der Waals surface area (Å²) in [6, 6.07) is 5.37. The Labute approximate surface area is 129 Å². The highest BCUT2D eigenvalue weighted by Crippen LogP contribution is 2.50. The number of anilines is 1. The van der Waals surface area contributed by atoms with Gasteiger partial charge in [0.1, 0.15) is 5.82 Å². The first kappa shape index (κ1) is 15.6. The number of rotatable bonds is 2. The average molecular weight is 331 g/mol. The van der Waals surface area contributed by atoms with Crippen LogP contribution in [0.15, 0.2) is 24.4 Å². The number of pyridine rings is 1. The predicted octanol–water partition coefficient (Wildman–Crippen LogP) is 1.58. The lowest BCUT2D eigenvalue weighted by atomic mass is 9.76. The SMILES string of the molecule is CS(=O)(=O)N1CCC(F)(F)[C@@]2(CCN(c3ccccn3)C2)C1. The molecule has 2 aliphatic heterocycles. The summed E-state index contributed by atoms with van der Waals surface area (Å²) in [7, 11) is -3.46. The van der Waals surface area contributed by atoms with Crippen molar-refractivity contribution in [1.82, 2.24) is 9.29 Å². The second kappa shape index (κ2) is 5.13. The van der Waals surface area contributed by atoms with E-state index in [2.05, 4.69) is 4.98 Å². The minimum atomic E-state index is -3.46. The summed E-state index contributed by atoms with van der Waals surface area (Å²) >= 11 is 0. The molecule has 3 rings (SSSR count). The number of nitrogens with zero attached hydrogens (tertiary/aromatic N) is 3. The van der Waals surface area contributed by atoms with Crippen LogP contribution in [0.25, 0.3) is 0 Å². The van der Waals surface area contributed by atoms with Crippen LogP contribution in [-0.2, 0) is 10.0 Å². The van der Waals surface area contributed by atoms with Crippen LogP contribution in [-0.4, -0.2) is 56.1 Å². The van der Waals surface area contributed by atoms with Crippen molar-refractivity contribution in [2.45, 2.75) is 18.8 Å². The molecule has 0 saturated carbocycles. The van der Waals surface area contributed by atoms with Gasteiger partial charge in [0.2, 0.25) is 10.0 Å². The van der Waals surface area contributed by atoms with Gasteiger partial charge >= 0.3 is 0 Å². The third-order valence-electron chi connectivity index (χ3n) is 4.73. The van der Waals surface area contributed by atoms with Crippen LogP contribution >= 0.6 is 0 Å². The van der Waals surface area contributed by atoms with Gasteiger partial charge in [0, 0.05) is 38.8 Å². The van der Waals surface area contributed by atoms with E-state index in [4.69, 9.17) is 0 Å². The minimum absolute atomic E-state index is 0.114. The molecule has 0 aromatic carbocycles. The zero-order valence-electron chi connectivity index (χ0n) is 12.4. The first-order valence-corrected chi connectivity index (χ1v) is 9.07. The van der Waals surface area contributed by atoms with Gasteiger partial charge in [-0.2, -0.15) is 0 Å². The summed E-state index contributed by atoms with van der Waals surface area (Å²) < 4.78 is 53.8. The molecule has 1 aromatic heterocycles. The summed E-state index contributed by atoms with van der Waals surface area (Å²) in [6.45, 7) is 0.354. The normalized spacial score (nSPS) is 29.1. The summed E-state index contributed by atoms with van der Waals surface area (Å²) in [5.41, 5.74) is -1.33. The van der Waals surface area contributed by atoms with Crippen molar-refractivity contribution in [3.8, 4) is 0 Å². The highest BCUT2D eigenvalue weighted by atomic mass is 32.2. The lowest BCUT2D eigenvalue weighted by Gasteiger charge is -2.44. The van der Waals surface area contributed by atoms with E-state index in [1.165, 1.54) is 4.31 Å². The van der Waals surface area contributed by atoms with Crippen LogP contribution in [0.3, 0.4) is 0 Å². The van der Waals surface area contributed by atoms with E-state index in [1.54, 1.807) is 18.3 Å². The van der Waals surface area contributed by atoms with E-state index >= 15 is 0 Å². The van der Waals surface area contributed by atoms with Gasteiger partial charge in [-0.3, -0.25) is 0 Å². The highest BCUT2D eigenvalue weighted by Gasteiger charge is 2.60. The molecule has 1 aromatic rings. The molecule has 0 unspecified atom stereocenters. The summed E-state index contributed by atoms with van der Waals surface area (Å²) in [4.78, 5) is 6.02. The standard InChI is InChI=1S/C14H19F2N3O2S/c1-22(20,21)19-9-6-14(15,16)13(11-19)5-8-18(10-13)12-4-2-3-7-17-12/h2-4,7H,5-6,8-11H2,1H3/t13-/m1/s1. The lowest BCUT2D eigenvalue weighted by molar-refractivity contribution is -0.145. The van der Waals surface area contributed by atoms with E-state index in [-0.39, 0.29) is 26.1 Å². The minimum Gasteiger partial charge on any atom is -0.356 e. The molecule has 1 atom stereocenters. The van der Waals surface area contributed by atoms with Gasteiger partial charge in [-0.1, -0.05) is 6.07 Å². The van der Waals surface area contributed by atoms with Gasteiger partial charge in [0.15, 0.2) is 0 Å². The predicted molar refractivity (Wildman–Crippen MR) is 79.5 cm³/mol. The van der Waals surface area contributed by atoms with Gasteiger partial charge in [-0.05, 0) is 18.6 Å². The number of hydrogen-bond acceptors (Lipinski definition) is 4. The first-order valence-electron chi connectivity index (χ1n) is 7.23. The molecule has 1 spiro atoms. The van der Waals surface area contributed by atoms with E-state index in [0.29, 0.717) is 12.4 Å². The molecule has 122 valence electrons. The molecule has 0 bridgehead atoms. The molecule has 8 heteroatoms. The molecule has 2 fully saturated rings. The Morgan fingerprint density at radius 2 is 1.95 bits per heavy atom. The fourth-order valence-electron chi connectivity index (χ4n) is 3.38. The smallest absolute Gasteiger partial charge is 0.257 e. The molecule has 0 amide bonds. The Hall–Kier alpha value is -1.28. The number of piperidine rings is 1. The molecule has 2 aliphatic rings. The van der Waals surface area contributed by atoms with Crippen molar-refractivity contribution in [3.05, 3.63) is 24.4 Å². The van der Waals surface area contributed by atoms with Crippen molar-refractivity contribution in [2.24, 2.45) is 5.41 Å². The molecule has 5 nitrogen and oxygen atoms in total. The Morgan fingerprint density at radius 3 is 2.59 bits per heavy atom. The Balaban J connectivity index is 1.87. The van der Waals surface area contributed by atoms with Crippen molar-refractivity contribution < 1.29 is 17.2 Å². The van der Waals surface area contributed by atoms with E-state index in [1.807, 2.05) is 11.0 Å². The van der Waals surface area contributed by atoms with Crippen LogP contribution in [0.4, 0.5) is 14.6 Å². The van der Waals surface area contributed by atoms with E-state index < -0.39 is 27.8 Å². The van der Waals surface area contributed by atoms with E-state index in [0.717, 1.165) is 6.26 Å². The lowest BCUT2D eigenvalue weighted by Crippen LogP contribution is -2.58. The van der Waals surface area contributed by atoms with Gasteiger partial charge in [0.25, 0.3) is 5.92 Å². The van der Waals surface area contributed by atoms with Crippen molar-refractivity contribution >= 4 is 15.8 Å². The fourth-order valence-corrected chi connectivity index (χ4v) is 4.29. The van der Waals surface area contributed by atoms with Gasteiger partial charge < -0.3 is 4.90 Å². The highest BCUT2D eigenvalue weighted by molar-refractivity contribution is 7.88. The number of halogens is 2. The maximum absolute atomic E-state index is 14.5. The van der Waals surface area contributed by atoms with Crippen LogP contribution < -0.4 is 4.90 Å². The second-order valence-corrected chi connectivity index (χ2v) is 8.17. The summed E-state index contributed by atoms with van der Waals surface area (Å²) in [5.74, 6) is -2.20. The molecule has 0 N–H and O–H groups in total. The monoisotopic (exact) mass is 331 g/mol. The summed E-state index contributed by atoms with van der Waals surface area (Å²) in [5, 5.41) is 0. The number of alkyl halides is 2. The van der Waals surface area contributed by atoms with Crippen molar-refractivity contribution in [1.29, 1.82) is 0 Å². The Kier molecular flexibility index (Phi) is 3.64. The van der Waals surface area contributed by atoms with Gasteiger partial charge in [0.05, 0.1) is 11.7 Å². The van der Waals surface area contributed by atoms with Gasteiger partial charge in [-0.25, -0.2) is 26.5 Å². The van der Waals surface area contributed by atoms with Gasteiger partial charge in [-0.15, -0.1) is 0 Å². The maximum Gasteiger partial charge on any atom is 0.257 e. The Morgan fingerprint density at radius 1 is 1.18 bits per heavy atom. The average Bonchev–Trinajstić information content (AvgIpc) is 2.88. The molecule has 0 aliphatic carbocycles. The quantitative estimate of drug-likeness (QED) is 0.826. The third kappa shape index (κ3) is 2.58. The zero-order valence-corrected chi connectivity index (χ0v) is 13.2. The Bertz CT molecular complexity index is 653. The van der Waals surface area contributed by atoms with Crippen LogP contribution in [0.2, 0.25) is 0 Å². The molecular weight excluding hydrogens is 312 g/mol. The van der Waals surface area contributed by atoms with Crippen LogP contribution in [0.1, 0.15) is 12.8 Å². The van der Waals surface area contributed by atoms with E-state index in [9.17, 15) is 17.2 Å². The van der Waals surface area contributed by atoms with Crippen molar-refractivity contribution in [2.75, 3.05) is 37.3 Å². The third-order valence-corrected chi connectivity index (χ3v) is 5.98. The number of hydrogen-bond donors (Lipinski definition) is 0. The molecule has 0 radical (unpaired) electrons. The largest absolute Gasteiger partial charge is 0.356 e. The van der Waals surface area contributed by atoms with Crippen LogP contribution in [0.5, 0.6) is 0 Å². The molecule has 22 heavy (non-hydrogen) atoms. The molecule has 2 saturated heterocycles. The first-order chi connectivity index (χ1) is 10.2. The molecule has 3 heterocycles. The maximum atomic E-state index is 14.5. The van der Waals surface area contributed by atoms with Crippen LogP contribution in [0, 0.1) is 5.41 Å². The number of sulfonamides is 1. The molecular formula is C14H19F2N3O2S. The second-order valence-electron chi connectivity index (χ2n) is 6.19. The fraction of sp³-hybridized carbons (Fsp3) is 0.643. The topological polar surface area (TPSA) is 53.5 Å². The zero-order chi connectivity index (χ0) is 16.0. The van der Waals surface area contributed by atoms with Crippen molar-refractivity contribution in [3.63, 3.8) is 0 Å². The summed E-state index contributed by atoms with van der Waals surface area (Å²) in [6.07, 6.45) is 2.55.